The highest BCUT2D eigenvalue weighted by atomic mass is 16.6. The van der Waals surface area contributed by atoms with E-state index in [1.807, 2.05) is 0 Å². The number of hydrogen-bond donors (Lipinski definition) is 2. The first-order valence-electron chi connectivity index (χ1n) is 5.65. The van der Waals surface area contributed by atoms with Crippen molar-refractivity contribution in [2.75, 3.05) is 13.2 Å². The van der Waals surface area contributed by atoms with Crippen LogP contribution in [-0.2, 0) is 11.8 Å². The van der Waals surface area contributed by atoms with Crippen LogP contribution < -0.4 is 5.73 Å². The van der Waals surface area contributed by atoms with Crippen molar-refractivity contribution in [3.05, 3.63) is 22.5 Å². The summed E-state index contributed by atoms with van der Waals surface area (Å²) in [7, 11) is 1.63. The summed E-state index contributed by atoms with van der Waals surface area (Å²) in [5.41, 5.74) is 5.57. The second-order valence-corrected chi connectivity index (χ2v) is 4.08. The average molecular weight is 258 g/mol. The minimum Gasteiger partial charge on any atom is -0.389 e. The van der Waals surface area contributed by atoms with Crippen LogP contribution in [0.3, 0.4) is 0 Å². The molecule has 0 aromatic carbocycles. The molecular weight excluding hydrogens is 240 g/mol. The van der Waals surface area contributed by atoms with Crippen molar-refractivity contribution < 1.29 is 14.8 Å². The summed E-state index contributed by atoms with van der Waals surface area (Å²) in [6.45, 7) is 1.14. The van der Waals surface area contributed by atoms with E-state index in [2.05, 4.69) is 5.10 Å². The number of aliphatic hydroxyl groups is 1. The van der Waals surface area contributed by atoms with Crippen LogP contribution >= 0.6 is 0 Å². The molecule has 1 fully saturated rings. The Labute approximate surface area is 104 Å². The van der Waals surface area contributed by atoms with Crippen LogP contribution in [0.2, 0.25) is 0 Å². The number of nitrogens with two attached hydrogens (primary N) is 1. The molecule has 1 saturated heterocycles. The zero-order valence-corrected chi connectivity index (χ0v) is 10.2. The van der Waals surface area contributed by atoms with E-state index in [0.29, 0.717) is 6.61 Å². The molecule has 8 nitrogen and oxygen atoms in total. The molecule has 0 bridgehead atoms. The second-order valence-electron chi connectivity index (χ2n) is 4.08. The molecule has 0 saturated carbocycles. The Kier molecular flexibility index (Phi) is 5.69. The molecule has 8 heteroatoms. The van der Waals surface area contributed by atoms with E-state index in [1.165, 1.54) is 17.1 Å². The van der Waals surface area contributed by atoms with Crippen LogP contribution in [0.4, 0.5) is 5.69 Å². The normalized spacial score (nSPS) is 23.7. The number of aryl methyl sites for hydroxylation is 1. The molecule has 0 spiro atoms. The lowest BCUT2D eigenvalue weighted by Gasteiger charge is -2.12. The molecule has 2 unspecified atom stereocenters. The van der Waals surface area contributed by atoms with E-state index < -0.39 is 11.0 Å². The SMILES string of the molecule is Cn1cc([N+](=O)[O-])cn1.NC1CCCOCC1O. The highest BCUT2D eigenvalue weighted by Gasteiger charge is 2.17. The molecule has 0 radical (unpaired) electrons. The summed E-state index contributed by atoms with van der Waals surface area (Å²) in [5.74, 6) is 0. The largest absolute Gasteiger partial charge is 0.389 e. The number of hydrogen-bond acceptors (Lipinski definition) is 6. The highest BCUT2D eigenvalue weighted by Crippen LogP contribution is 2.06. The van der Waals surface area contributed by atoms with Gasteiger partial charge in [-0.25, -0.2) is 0 Å². The number of ether oxygens (including phenoxy) is 1. The zero-order valence-electron chi connectivity index (χ0n) is 10.2. The molecule has 1 aromatic rings. The van der Waals surface area contributed by atoms with Gasteiger partial charge in [0.15, 0.2) is 0 Å². The minimum atomic E-state index is -0.479. The fourth-order valence-electron chi connectivity index (χ4n) is 1.44. The molecule has 18 heavy (non-hydrogen) atoms. The maximum atomic E-state index is 9.97. The number of aromatic nitrogens is 2. The van der Waals surface area contributed by atoms with Crippen LogP contribution in [-0.4, -0.2) is 45.2 Å². The predicted octanol–water partition coefficient (Wildman–Crippen LogP) is -0.187. The van der Waals surface area contributed by atoms with Gasteiger partial charge in [-0.3, -0.25) is 14.8 Å². The van der Waals surface area contributed by atoms with Gasteiger partial charge in [0, 0.05) is 19.7 Å². The monoisotopic (exact) mass is 258 g/mol. The Morgan fingerprint density at radius 1 is 1.72 bits per heavy atom. The zero-order chi connectivity index (χ0) is 13.5. The Morgan fingerprint density at radius 3 is 2.94 bits per heavy atom. The van der Waals surface area contributed by atoms with Gasteiger partial charge in [0.2, 0.25) is 0 Å². The topological polar surface area (TPSA) is 116 Å². The van der Waals surface area contributed by atoms with Gasteiger partial charge in [0.25, 0.3) is 0 Å². The molecule has 102 valence electrons. The van der Waals surface area contributed by atoms with Gasteiger partial charge in [-0.15, -0.1) is 0 Å². The van der Waals surface area contributed by atoms with E-state index in [-0.39, 0.29) is 11.7 Å². The first kappa shape index (κ1) is 14.6. The van der Waals surface area contributed by atoms with Gasteiger partial charge < -0.3 is 15.6 Å². The maximum Gasteiger partial charge on any atom is 0.306 e. The Bertz CT molecular complexity index is 372. The summed E-state index contributed by atoms with van der Waals surface area (Å²) in [6, 6.07) is -0.0764. The number of nitro groups is 1. The first-order chi connectivity index (χ1) is 8.50. The molecule has 3 N–H and O–H groups in total. The van der Waals surface area contributed by atoms with Crippen molar-refractivity contribution in [2.24, 2.45) is 12.8 Å². The van der Waals surface area contributed by atoms with Crippen LogP contribution in [0.15, 0.2) is 12.4 Å². The third-order valence-electron chi connectivity index (χ3n) is 2.51. The van der Waals surface area contributed by atoms with Crippen molar-refractivity contribution in [2.45, 2.75) is 25.0 Å². The van der Waals surface area contributed by atoms with Gasteiger partial charge in [0.05, 0.1) is 17.6 Å². The van der Waals surface area contributed by atoms with Gasteiger partial charge in [-0.2, -0.15) is 5.10 Å². The van der Waals surface area contributed by atoms with E-state index in [4.69, 9.17) is 15.6 Å². The van der Waals surface area contributed by atoms with Crippen LogP contribution in [0.25, 0.3) is 0 Å². The third-order valence-corrected chi connectivity index (χ3v) is 2.51. The van der Waals surface area contributed by atoms with Crippen LogP contribution in [0, 0.1) is 10.1 Å². The first-order valence-corrected chi connectivity index (χ1v) is 5.65. The number of rotatable bonds is 1. The fraction of sp³-hybridized carbons (Fsp3) is 0.700. The van der Waals surface area contributed by atoms with Crippen molar-refractivity contribution in [3.8, 4) is 0 Å². The summed E-state index contributed by atoms with van der Waals surface area (Å²) in [4.78, 5) is 9.49. The van der Waals surface area contributed by atoms with E-state index >= 15 is 0 Å². The number of aliphatic hydroxyl groups excluding tert-OH is 1. The molecule has 2 atom stereocenters. The van der Waals surface area contributed by atoms with Gasteiger partial charge in [-0.1, -0.05) is 0 Å². The predicted molar refractivity (Wildman–Crippen MR) is 63.9 cm³/mol. The molecule has 2 rings (SSSR count). The summed E-state index contributed by atoms with van der Waals surface area (Å²) < 4.78 is 6.43. The molecule has 0 amide bonds. The summed E-state index contributed by atoms with van der Waals surface area (Å²) >= 11 is 0. The minimum absolute atomic E-state index is 0.0255. The second kappa shape index (κ2) is 7.04. The van der Waals surface area contributed by atoms with E-state index in [9.17, 15) is 10.1 Å². The van der Waals surface area contributed by atoms with Crippen molar-refractivity contribution in [1.29, 1.82) is 0 Å². The molecule has 1 aromatic heterocycles. The van der Waals surface area contributed by atoms with E-state index in [0.717, 1.165) is 19.4 Å². The maximum absolute atomic E-state index is 9.97. The Hall–Kier alpha value is -1.51. The van der Waals surface area contributed by atoms with E-state index in [1.54, 1.807) is 7.05 Å². The van der Waals surface area contributed by atoms with Gasteiger partial charge >= 0.3 is 5.69 Å². The lowest BCUT2D eigenvalue weighted by molar-refractivity contribution is -0.384. The lowest BCUT2D eigenvalue weighted by atomic mass is 10.1. The van der Waals surface area contributed by atoms with Crippen molar-refractivity contribution in [1.82, 2.24) is 9.78 Å². The Balaban J connectivity index is 0.000000180. The average Bonchev–Trinajstić information content (AvgIpc) is 2.67. The third kappa shape index (κ3) is 4.78. The van der Waals surface area contributed by atoms with Crippen molar-refractivity contribution in [3.63, 3.8) is 0 Å². The molecule has 1 aliphatic rings. The highest BCUT2D eigenvalue weighted by molar-refractivity contribution is 5.20. The smallest absolute Gasteiger partial charge is 0.306 e. The van der Waals surface area contributed by atoms with Gasteiger partial charge in [0.1, 0.15) is 12.4 Å². The standard InChI is InChI=1S/C6H13NO2.C4H5N3O2/c7-5-2-1-3-9-4-6(5)8;1-6-3-4(2-5-6)7(8)9/h5-6,8H,1-4,7H2;2-3H,1H3. The van der Waals surface area contributed by atoms with Gasteiger partial charge in [-0.05, 0) is 12.8 Å². The number of nitrogens with zero attached hydrogens (tertiary/aromatic N) is 3. The quantitative estimate of drug-likeness (QED) is 0.533. The summed E-state index contributed by atoms with van der Waals surface area (Å²) in [6.07, 6.45) is 3.95. The fourth-order valence-corrected chi connectivity index (χ4v) is 1.44. The Morgan fingerprint density at radius 2 is 2.44 bits per heavy atom. The van der Waals surface area contributed by atoms with Crippen molar-refractivity contribution >= 4 is 5.69 Å². The summed E-state index contributed by atoms with van der Waals surface area (Å²) in [5, 5.41) is 22.7. The molecular formula is C10H18N4O4. The molecule has 0 aliphatic carbocycles. The molecule has 1 aliphatic heterocycles. The van der Waals surface area contributed by atoms with Crippen LogP contribution in [0.1, 0.15) is 12.8 Å². The van der Waals surface area contributed by atoms with Crippen LogP contribution in [0.5, 0.6) is 0 Å². The molecule has 2 heterocycles. The lowest BCUT2D eigenvalue weighted by Crippen LogP contribution is -2.35.